The average molecular weight is 459 g/mol. The summed E-state index contributed by atoms with van der Waals surface area (Å²) in [5.41, 5.74) is 0.738. The van der Waals surface area contributed by atoms with Crippen molar-refractivity contribution in [1.82, 2.24) is 9.97 Å². The van der Waals surface area contributed by atoms with Crippen molar-refractivity contribution in [1.29, 1.82) is 0 Å². The number of aromatic nitrogens is 2. The van der Waals surface area contributed by atoms with E-state index in [1.54, 1.807) is 36.6 Å². The summed E-state index contributed by atoms with van der Waals surface area (Å²) in [5.74, 6) is 0.190. The lowest BCUT2D eigenvalue weighted by atomic mass is 10.2. The maximum Gasteiger partial charge on any atom is 0.265 e. The van der Waals surface area contributed by atoms with E-state index in [2.05, 4.69) is 20.0 Å². The Morgan fingerprint density at radius 1 is 1.06 bits per heavy atom. The first-order chi connectivity index (χ1) is 14.9. The molecule has 1 unspecified atom stereocenters. The number of anilines is 2. The summed E-state index contributed by atoms with van der Waals surface area (Å²) in [6.07, 6.45) is 2.28. The van der Waals surface area contributed by atoms with Crippen LogP contribution >= 0.6 is 11.3 Å². The third-order valence-electron chi connectivity index (χ3n) is 4.36. The van der Waals surface area contributed by atoms with Crippen molar-refractivity contribution in [2.24, 2.45) is 0 Å². The Bertz CT molecular complexity index is 1320. The molecule has 4 aromatic rings. The van der Waals surface area contributed by atoms with Crippen LogP contribution in [0.4, 0.5) is 10.8 Å². The number of amides is 1. The van der Waals surface area contributed by atoms with E-state index in [-0.39, 0.29) is 18.8 Å². The van der Waals surface area contributed by atoms with Crippen LogP contribution in [-0.2, 0) is 14.8 Å². The van der Waals surface area contributed by atoms with Gasteiger partial charge in [0.15, 0.2) is 11.2 Å². The molecule has 0 fully saturated rings. The number of nitrogens with one attached hydrogen (secondary N) is 2. The first kappa shape index (κ1) is 20.8. The van der Waals surface area contributed by atoms with Crippen LogP contribution in [0.3, 0.4) is 0 Å². The van der Waals surface area contributed by atoms with Gasteiger partial charge in [0.2, 0.25) is 0 Å². The highest BCUT2D eigenvalue weighted by molar-refractivity contribution is 7.93. The summed E-state index contributed by atoms with van der Waals surface area (Å²) < 4.78 is 33.9. The number of sulfonamides is 1. The normalized spacial score (nSPS) is 12.3. The van der Waals surface area contributed by atoms with Crippen LogP contribution in [0.15, 0.2) is 77.3 Å². The zero-order chi connectivity index (χ0) is 21.8. The van der Waals surface area contributed by atoms with Crippen LogP contribution in [0.25, 0.3) is 10.9 Å². The Balaban J connectivity index is 0.00000193. The van der Waals surface area contributed by atoms with Crippen LogP contribution in [0.1, 0.15) is 9.78 Å². The van der Waals surface area contributed by atoms with E-state index in [1.165, 1.54) is 35.9 Å². The molecule has 162 valence electrons. The predicted molar refractivity (Wildman–Crippen MR) is 124 cm³/mol. The van der Waals surface area contributed by atoms with Gasteiger partial charge in [-0.15, -0.1) is 11.3 Å². The summed E-state index contributed by atoms with van der Waals surface area (Å²) in [7, 11) is -3.89. The molecule has 1 amide bonds. The van der Waals surface area contributed by atoms with Crippen molar-refractivity contribution in [2.75, 3.05) is 10.0 Å². The minimum absolute atomic E-state index is 0. The molecule has 0 aliphatic rings. The number of para-hydroxylation sites is 1. The smallest absolute Gasteiger partial charge is 0.265 e. The lowest BCUT2D eigenvalue weighted by Gasteiger charge is -2.16. The van der Waals surface area contributed by atoms with E-state index in [0.29, 0.717) is 22.3 Å². The number of fused-ring (bicyclic) bond motifs is 1. The van der Waals surface area contributed by atoms with Crippen molar-refractivity contribution >= 4 is 49.0 Å². The van der Waals surface area contributed by atoms with E-state index in [1.807, 2.05) is 18.2 Å². The summed E-state index contributed by atoms with van der Waals surface area (Å²) in [6, 6.07) is 15.2. The minimum Gasteiger partial charge on any atom is -0.481 e. The average Bonchev–Trinajstić information content (AvgIpc) is 3.26. The van der Waals surface area contributed by atoms with Crippen molar-refractivity contribution in [2.45, 2.75) is 17.9 Å². The van der Waals surface area contributed by atoms with E-state index in [9.17, 15) is 13.2 Å². The fraction of sp³-hybridized carbons (Fsp3) is 0.0952. The van der Waals surface area contributed by atoms with Crippen molar-refractivity contribution in [3.63, 3.8) is 0 Å². The van der Waals surface area contributed by atoms with Gasteiger partial charge in [-0.05, 0) is 43.3 Å². The van der Waals surface area contributed by atoms with Gasteiger partial charge in [0.25, 0.3) is 15.9 Å². The molecular weight excluding hydrogens is 436 g/mol. The molecule has 2 heterocycles. The third kappa shape index (κ3) is 4.65. The van der Waals surface area contributed by atoms with Crippen molar-refractivity contribution in [3.05, 3.63) is 72.4 Å². The van der Waals surface area contributed by atoms with E-state index >= 15 is 0 Å². The number of carbonyl (C=O) groups excluding carboxylic acids is 1. The van der Waals surface area contributed by atoms with E-state index in [4.69, 9.17) is 4.74 Å². The predicted octanol–water partition coefficient (Wildman–Crippen LogP) is 4.39. The Kier molecular flexibility index (Phi) is 5.83. The largest absolute Gasteiger partial charge is 0.481 e. The number of benzene rings is 2. The van der Waals surface area contributed by atoms with Gasteiger partial charge in [-0.25, -0.2) is 13.4 Å². The summed E-state index contributed by atoms with van der Waals surface area (Å²) in [4.78, 5) is 20.9. The highest BCUT2D eigenvalue weighted by Crippen LogP contribution is 2.29. The Morgan fingerprint density at radius 3 is 2.61 bits per heavy atom. The van der Waals surface area contributed by atoms with Gasteiger partial charge < -0.3 is 10.1 Å². The first-order valence-electron chi connectivity index (χ1n) is 9.27. The molecule has 0 bridgehead atoms. The van der Waals surface area contributed by atoms with Gasteiger partial charge >= 0.3 is 0 Å². The highest BCUT2D eigenvalue weighted by atomic mass is 32.2. The molecule has 10 heteroatoms. The molecule has 0 saturated carbocycles. The molecule has 31 heavy (non-hydrogen) atoms. The molecule has 8 nitrogen and oxygen atoms in total. The van der Waals surface area contributed by atoms with Gasteiger partial charge in [-0.3, -0.25) is 14.5 Å². The lowest BCUT2D eigenvalue weighted by molar-refractivity contribution is -0.122. The number of ether oxygens (including phenoxy) is 1. The van der Waals surface area contributed by atoms with Gasteiger partial charge in [-0.1, -0.05) is 18.2 Å². The topological polar surface area (TPSA) is 110 Å². The number of thiazole rings is 1. The maximum absolute atomic E-state index is 12.9. The second-order valence-electron chi connectivity index (χ2n) is 6.52. The molecule has 0 aliphatic heterocycles. The van der Waals surface area contributed by atoms with Crippen LogP contribution in [0, 0.1) is 0 Å². The molecule has 2 N–H and O–H groups in total. The lowest BCUT2D eigenvalue weighted by Crippen LogP contribution is -2.30. The van der Waals surface area contributed by atoms with E-state index in [0.717, 1.165) is 0 Å². The number of rotatable bonds is 7. The molecular formula is C21H22N4O4S2. The quantitative estimate of drug-likeness (QED) is 0.425. The number of nitrogens with zero attached hydrogens (tertiary/aromatic N) is 2. The van der Waals surface area contributed by atoms with Crippen molar-refractivity contribution < 1.29 is 20.8 Å². The van der Waals surface area contributed by atoms with Crippen molar-refractivity contribution in [3.8, 4) is 5.75 Å². The summed E-state index contributed by atoms with van der Waals surface area (Å²) >= 11 is 1.18. The zero-order valence-electron chi connectivity index (χ0n) is 16.3. The molecule has 1 atom stereocenters. The second-order valence-corrected chi connectivity index (χ2v) is 9.06. The highest BCUT2D eigenvalue weighted by Gasteiger charge is 2.22. The molecule has 2 aromatic heterocycles. The van der Waals surface area contributed by atoms with Gasteiger partial charge in [0.1, 0.15) is 5.75 Å². The first-order valence-corrected chi connectivity index (χ1v) is 11.6. The van der Waals surface area contributed by atoms with Gasteiger partial charge in [-0.2, -0.15) is 0 Å². The monoisotopic (exact) mass is 458 g/mol. The van der Waals surface area contributed by atoms with Crippen LogP contribution < -0.4 is 14.8 Å². The molecule has 2 aromatic carbocycles. The second kappa shape index (κ2) is 8.70. The molecule has 4 rings (SSSR count). The standard InChI is InChI=1S/C21H18N4O4S2.2H2/c1-14(29-15-6-3-2-4-7-15)20(26)24-17-9-10-18(16-8-5-11-22-19(16)17)31(27,28)25-21-23-12-13-30-21;;/h2-14H,1H3,(H,23,25)(H,24,26);2*1H. The number of hydrogen-bond acceptors (Lipinski definition) is 7. The number of pyridine rings is 1. The fourth-order valence-corrected chi connectivity index (χ4v) is 4.90. The molecule has 0 aliphatic carbocycles. The zero-order valence-corrected chi connectivity index (χ0v) is 18.0. The van der Waals surface area contributed by atoms with Crippen LogP contribution in [-0.4, -0.2) is 30.4 Å². The Labute approximate surface area is 186 Å². The van der Waals surface area contributed by atoms with Gasteiger partial charge in [0.05, 0.1) is 16.1 Å². The minimum atomic E-state index is -3.89. The molecule has 0 saturated heterocycles. The SMILES string of the molecule is CC(Oc1ccccc1)C(=O)Nc1ccc(S(=O)(=O)Nc2nccs2)c2cccnc12.[HH].[HH]. The Hall–Kier alpha value is -3.50. The number of hydrogen-bond donors (Lipinski definition) is 2. The summed E-state index contributed by atoms with van der Waals surface area (Å²) in [5, 5.41) is 5.09. The maximum atomic E-state index is 12.9. The van der Waals surface area contributed by atoms with Crippen LogP contribution in [0.5, 0.6) is 5.75 Å². The number of carbonyl (C=O) groups is 1. The summed E-state index contributed by atoms with van der Waals surface area (Å²) in [6.45, 7) is 1.63. The fourth-order valence-electron chi connectivity index (χ4n) is 2.92. The van der Waals surface area contributed by atoms with Gasteiger partial charge in [0, 0.05) is 26.0 Å². The molecule has 0 radical (unpaired) electrons. The third-order valence-corrected chi connectivity index (χ3v) is 6.57. The Morgan fingerprint density at radius 2 is 1.87 bits per heavy atom. The van der Waals surface area contributed by atoms with E-state index < -0.39 is 16.1 Å². The molecule has 0 spiro atoms. The van der Waals surface area contributed by atoms with Crippen LogP contribution in [0.2, 0.25) is 0 Å².